The number of halogens is 1. The molecule has 104 valence electrons. The van der Waals surface area contributed by atoms with Crippen LogP contribution in [-0.2, 0) is 0 Å². The van der Waals surface area contributed by atoms with Gasteiger partial charge >= 0.3 is 0 Å². The number of hydrogen-bond donors (Lipinski definition) is 0. The molecule has 1 aliphatic heterocycles. The number of rotatable bonds is 2. The van der Waals surface area contributed by atoms with Gasteiger partial charge in [-0.05, 0) is 23.3 Å². The first-order valence-corrected chi connectivity index (χ1v) is 7.74. The van der Waals surface area contributed by atoms with Crippen molar-refractivity contribution in [2.75, 3.05) is 13.2 Å². The molecule has 0 bridgehead atoms. The van der Waals surface area contributed by atoms with Crippen LogP contribution in [0.5, 0.6) is 11.5 Å². The van der Waals surface area contributed by atoms with Gasteiger partial charge in [0.1, 0.15) is 0 Å². The Kier molecular flexibility index (Phi) is 3.97. The van der Waals surface area contributed by atoms with Crippen LogP contribution in [0, 0.1) is 5.92 Å². The second-order valence-electron chi connectivity index (χ2n) is 5.21. The molecule has 2 aromatic rings. The quantitative estimate of drug-likeness (QED) is 0.749. The molecule has 2 atom stereocenters. The smallest absolute Gasteiger partial charge is 0.161 e. The first-order chi connectivity index (χ1) is 9.74. The summed E-state index contributed by atoms with van der Waals surface area (Å²) in [6, 6.07) is 16.5. The van der Waals surface area contributed by atoms with Crippen LogP contribution >= 0.6 is 15.9 Å². The number of fused-ring (bicyclic) bond motifs is 1. The van der Waals surface area contributed by atoms with Gasteiger partial charge in [0.15, 0.2) is 11.5 Å². The van der Waals surface area contributed by atoms with E-state index in [1.807, 2.05) is 24.3 Å². The molecule has 0 amide bonds. The lowest BCUT2D eigenvalue weighted by Gasteiger charge is -2.14. The summed E-state index contributed by atoms with van der Waals surface area (Å²) >= 11 is 3.76. The van der Waals surface area contributed by atoms with E-state index in [1.165, 1.54) is 11.1 Å². The number of alkyl halides is 1. The van der Waals surface area contributed by atoms with Crippen LogP contribution in [-0.4, -0.2) is 13.2 Å². The van der Waals surface area contributed by atoms with Gasteiger partial charge in [-0.2, -0.15) is 0 Å². The third-order valence-electron chi connectivity index (χ3n) is 3.40. The molecule has 3 heteroatoms. The predicted molar refractivity (Wildman–Crippen MR) is 83.8 cm³/mol. The van der Waals surface area contributed by atoms with E-state index in [0.717, 1.165) is 11.5 Å². The molecule has 2 nitrogen and oxygen atoms in total. The van der Waals surface area contributed by atoms with Crippen molar-refractivity contribution in [3.8, 4) is 11.5 Å². The maximum absolute atomic E-state index is 5.84. The molecule has 0 spiro atoms. The van der Waals surface area contributed by atoms with Gasteiger partial charge in [0.05, 0.1) is 18.0 Å². The number of benzene rings is 2. The molecule has 0 saturated carbocycles. The van der Waals surface area contributed by atoms with Crippen molar-refractivity contribution in [2.45, 2.75) is 11.8 Å². The second kappa shape index (κ2) is 5.88. The van der Waals surface area contributed by atoms with E-state index in [1.54, 1.807) is 0 Å². The Hall–Kier alpha value is -1.48. The summed E-state index contributed by atoms with van der Waals surface area (Å²) in [5.41, 5.74) is 2.41. The Morgan fingerprint density at radius 1 is 0.950 bits per heavy atom. The van der Waals surface area contributed by atoms with Crippen LogP contribution in [0.3, 0.4) is 0 Å². The average molecular weight is 333 g/mol. The minimum absolute atomic E-state index is 0.165. The molecule has 3 rings (SSSR count). The van der Waals surface area contributed by atoms with E-state index in [2.05, 4.69) is 47.1 Å². The first kappa shape index (κ1) is 13.5. The van der Waals surface area contributed by atoms with E-state index >= 15 is 0 Å². The Bertz CT molecular complexity index is 583. The summed E-state index contributed by atoms with van der Waals surface area (Å²) in [7, 11) is 0. The number of ether oxygens (including phenoxy) is 2. The fourth-order valence-corrected chi connectivity index (χ4v) is 2.83. The summed E-state index contributed by atoms with van der Waals surface area (Å²) in [6.45, 7) is 3.54. The van der Waals surface area contributed by atoms with Crippen LogP contribution in [0.2, 0.25) is 0 Å². The zero-order valence-corrected chi connectivity index (χ0v) is 13.0. The lowest BCUT2D eigenvalue weighted by molar-refractivity contribution is 0.228. The summed E-state index contributed by atoms with van der Waals surface area (Å²) in [4.78, 5) is 0.165. The summed E-state index contributed by atoms with van der Waals surface area (Å²) in [5.74, 6) is 2.10. The maximum atomic E-state index is 5.84. The topological polar surface area (TPSA) is 18.5 Å². The molecule has 1 aliphatic rings. The molecule has 0 fully saturated rings. The van der Waals surface area contributed by atoms with Gasteiger partial charge in [-0.15, -0.1) is 0 Å². The van der Waals surface area contributed by atoms with Crippen molar-refractivity contribution in [3.63, 3.8) is 0 Å². The molecule has 0 aliphatic carbocycles. The number of hydrogen-bond acceptors (Lipinski definition) is 2. The summed E-state index contributed by atoms with van der Waals surface area (Å²) in [5, 5.41) is 0. The van der Waals surface area contributed by atoms with Crippen LogP contribution in [0.4, 0.5) is 0 Å². The standard InChI is InChI=1S/C17H17BrO2/c1-12-10-19-15-8-7-14(9-16(15)20-11-12)17(18)13-5-3-2-4-6-13/h2-9,12,17H,10-11H2,1H3. The summed E-state index contributed by atoms with van der Waals surface area (Å²) in [6.07, 6.45) is 0. The normalized spacial score (nSPS) is 19.2. The van der Waals surface area contributed by atoms with Crippen molar-refractivity contribution in [1.29, 1.82) is 0 Å². The maximum Gasteiger partial charge on any atom is 0.161 e. The van der Waals surface area contributed by atoms with Gasteiger partial charge in [-0.1, -0.05) is 59.3 Å². The Morgan fingerprint density at radius 3 is 2.40 bits per heavy atom. The van der Waals surface area contributed by atoms with E-state index in [-0.39, 0.29) is 4.83 Å². The van der Waals surface area contributed by atoms with Gasteiger partial charge in [0.25, 0.3) is 0 Å². The Balaban J connectivity index is 1.89. The highest BCUT2D eigenvalue weighted by Crippen LogP contribution is 2.37. The fourth-order valence-electron chi connectivity index (χ4n) is 2.24. The van der Waals surface area contributed by atoms with E-state index < -0.39 is 0 Å². The minimum atomic E-state index is 0.165. The van der Waals surface area contributed by atoms with E-state index in [0.29, 0.717) is 19.1 Å². The van der Waals surface area contributed by atoms with Crippen molar-refractivity contribution in [1.82, 2.24) is 0 Å². The zero-order chi connectivity index (χ0) is 13.9. The average Bonchev–Trinajstić information content (AvgIpc) is 2.69. The first-order valence-electron chi connectivity index (χ1n) is 6.82. The SMILES string of the molecule is CC1COc2ccc(C(Br)c3ccccc3)cc2OC1. The molecule has 0 N–H and O–H groups in total. The van der Waals surface area contributed by atoms with Gasteiger partial charge < -0.3 is 9.47 Å². The van der Waals surface area contributed by atoms with Crippen LogP contribution in [0.15, 0.2) is 48.5 Å². The second-order valence-corrected chi connectivity index (χ2v) is 6.12. The third-order valence-corrected chi connectivity index (χ3v) is 4.46. The van der Waals surface area contributed by atoms with E-state index in [4.69, 9.17) is 9.47 Å². The Labute approximate surface area is 127 Å². The highest BCUT2D eigenvalue weighted by Gasteiger charge is 2.18. The highest BCUT2D eigenvalue weighted by atomic mass is 79.9. The van der Waals surface area contributed by atoms with Crippen LogP contribution < -0.4 is 9.47 Å². The van der Waals surface area contributed by atoms with Crippen LogP contribution in [0.25, 0.3) is 0 Å². The lowest BCUT2D eigenvalue weighted by atomic mass is 10.0. The van der Waals surface area contributed by atoms with Crippen molar-refractivity contribution >= 4 is 15.9 Å². The molecule has 0 saturated heterocycles. The van der Waals surface area contributed by atoms with Crippen molar-refractivity contribution in [3.05, 3.63) is 59.7 Å². The molecule has 2 aromatic carbocycles. The largest absolute Gasteiger partial charge is 0.489 e. The van der Waals surface area contributed by atoms with Gasteiger partial charge in [0.2, 0.25) is 0 Å². The van der Waals surface area contributed by atoms with Crippen LogP contribution in [0.1, 0.15) is 22.9 Å². The molecular weight excluding hydrogens is 316 g/mol. The van der Waals surface area contributed by atoms with Gasteiger partial charge in [-0.3, -0.25) is 0 Å². The predicted octanol–water partition coefficient (Wildman–Crippen LogP) is 4.58. The monoisotopic (exact) mass is 332 g/mol. The minimum Gasteiger partial charge on any atom is -0.489 e. The third kappa shape index (κ3) is 2.83. The summed E-state index contributed by atoms with van der Waals surface area (Å²) < 4.78 is 11.6. The fraction of sp³-hybridized carbons (Fsp3) is 0.294. The molecular formula is C17H17BrO2. The zero-order valence-electron chi connectivity index (χ0n) is 11.4. The molecule has 2 unspecified atom stereocenters. The molecule has 0 radical (unpaired) electrons. The van der Waals surface area contributed by atoms with Crippen molar-refractivity contribution < 1.29 is 9.47 Å². The van der Waals surface area contributed by atoms with Crippen molar-refractivity contribution in [2.24, 2.45) is 5.92 Å². The molecule has 0 aromatic heterocycles. The molecule has 20 heavy (non-hydrogen) atoms. The molecule has 1 heterocycles. The van der Waals surface area contributed by atoms with Gasteiger partial charge in [-0.25, -0.2) is 0 Å². The Morgan fingerprint density at radius 2 is 1.65 bits per heavy atom. The van der Waals surface area contributed by atoms with Gasteiger partial charge in [0, 0.05) is 5.92 Å². The highest BCUT2D eigenvalue weighted by molar-refractivity contribution is 9.09. The lowest BCUT2D eigenvalue weighted by Crippen LogP contribution is -2.12. The van der Waals surface area contributed by atoms with E-state index in [9.17, 15) is 0 Å².